The van der Waals surface area contributed by atoms with Crippen molar-refractivity contribution in [3.05, 3.63) is 59.1 Å². The average molecular weight is 322 g/mol. The minimum atomic E-state index is -0.00206. The molecule has 0 fully saturated rings. The summed E-state index contributed by atoms with van der Waals surface area (Å²) in [7, 11) is 1.63. The molecule has 2 aromatic carbocycles. The van der Waals surface area contributed by atoms with Gasteiger partial charge in [0.25, 0.3) is 0 Å². The van der Waals surface area contributed by atoms with Crippen LogP contribution >= 0.6 is 23.4 Å². The molecule has 0 heterocycles. The second-order valence-corrected chi connectivity index (χ2v) is 5.86. The van der Waals surface area contributed by atoms with Crippen LogP contribution in [-0.2, 0) is 11.3 Å². The van der Waals surface area contributed by atoms with E-state index in [2.05, 4.69) is 5.32 Å². The SMILES string of the molecule is COc1cccc(SCC(=O)NCc2ccc(Cl)cc2)c1. The Morgan fingerprint density at radius 3 is 2.71 bits per heavy atom. The first-order valence-electron chi connectivity index (χ1n) is 6.45. The molecule has 0 saturated carbocycles. The average Bonchev–Trinajstić information content (AvgIpc) is 2.52. The fraction of sp³-hybridized carbons (Fsp3) is 0.188. The number of nitrogens with one attached hydrogen (secondary N) is 1. The summed E-state index contributed by atoms with van der Waals surface area (Å²) < 4.78 is 5.15. The Bertz CT molecular complexity index is 601. The van der Waals surface area contributed by atoms with Crippen molar-refractivity contribution in [2.75, 3.05) is 12.9 Å². The molecule has 0 atom stereocenters. The van der Waals surface area contributed by atoms with Crippen LogP contribution in [0.3, 0.4) is 0 Å². The summed E-state index contributed by atoms with van der Waals surface area (Å²) in [5.41, 5.74) is 1.03. The van der Waals surface area contributed by atoms with Crippen molar-refractivity contribution in [1.82, 2.24) is 5.32 Å². The second kappa shape index (κ2) is 7.96. The van der Waals surface area contributed by atoms with Gasteiger partial charge in [-0.3, -0.25) is 4.79 Å². The van der Waals surface area contributed by atoms with Crippen LogP contribution in [-0.4, -0.2) is 18.8 Å². The lowest BCUT2D eigenvalue weighted by molar-refractivity contribution is -0.118. The molecule has 21 heavy (non-hydrogen) atoms. The molecular weight excluding hydrogens is 306 g/mol. The predicted molar refractivity (Wildman–Crippen MR) is 87.0 cm³/mol. The number of halogens is 1. The molecule has 2 aromatic rings. The van der Waals surface area contributed by atoms with Crippen LogP contribution < -0.4 is 10.1 Å². The standard InChI is InChI=1S/C16H16ClNO2S/c1-20-14-3-2-4-15(9-14)21-11-16(19)18-10-12-5-7-13(17)8-6-12/h2-9H,10-11H2,1H3,(H,18,19). The van der Waals surface area contributed by atoms with E-state index < -0.39 is 0 Å². The zero-order valence-corrected chi connectivity index (χ0v) is 13.2. The highest BCUT2D eigenvalue weighted by Crippen LogP contribution is 2.22. The van der Waals surface area contributed by atoms with E-state index in [1.807, 2.05) is 48.5 Å². The minimum Gasteiger partial charge on any atom is -0.497 e. The van der Waals surface area contributed by atoms with E-state index in [1.54, 1.807) is 7.11 Å². The van der Waals surface area contributed by atoms with E-state index in [4.69, 9.17) is 16.3 Å². The number of thioether (sulfide) groups is 1. The number of ether oxygens (including phenoxy) is 1. The van der Waals surface area contributed by atoms with Gasteiger partial charge < -0.3 is 10.1 Å². The Morgan fingerprint density at radius 2 is 2.00 bits per heavy atom. The van der Waals surface area contributed by atoms with Gasteiger partial charge in [-0.25, -0.2) is 0 Å². The van der Waals surface area contributed by atoms with E-state index in [9.17, 15) is 4.79 Å². The number of hydrogen-bond donors (Lipinski definition) is 1. The monoisotopic (exact) mass is 321 g/mol. The van der Waals surface area contributed by atoms with Crippen LogP contribution in [0.1, 0.15) is 5.56 Å². The van der Waals surface area contributed by atoms with Crippen LogP contribution in [0, 0.1) is 0 Å². The van der Waals surface area contributed by atoms with E-state index in [-0.39, 0.29) is 5.91 Å². The molecule has 5 heteroatoms. The van der Waals surface area contributed by atoms with Crippen molar-refractivity contribution in [3.8, 4) is 5.75 Å². The summed E-state index contributed by atoms with van der Waals surface area (Å²) in [6, 6.07) is 15.1. The van der Waals surface area contributed by atoms with Gasteiger partial charge in [0.05, 0.1) is 12.9 Å². The number of methoxy groups -OCH3 is 1. The molecule has 0 aliphatic rings. The lowest BCUT2D eigenvalue weighted by Gasteiger charge is -2.06. The fourth-order valence-corrected chi connectivity index (χ4v) is 2.59. The Hall–Kier alpha value is -1.65. The Kier molecular flexibility index (Phi) is 5.96. The van der Waals surface area contributed by atoms with Gasteiger partial charge in [-0.05, 0) is 35.9 Å². The van der Waals surface area contributed by atoms with Gasteiger partial charge in [-0.1, -0.05) is 29.8 Å². The Labute approximate surface area is 133 Å². The summed E-state index contributed by atoms with van der Waals surface area (Å²) in [5, 5.41) is 3.58. The third-order valence-electron chi connectivity index (χ3n) is 2.81. The third kappa shape index (κ3) is 5.33. The first-order chi connectivity index (χ1) is 10.2. The maximum absolute atomic E-state index is 11.8. The summed E-state index contributed by atoms with van der Waals surface area (Å²) in [6.45, 7) is 0.509. The quantitative estimate of drug-likeness (QED) is 0.823. The summed E-state index contributed by atoms with van der Waals surface area (Å²) in [4.78, 5) is 12.8. The van der Waals surface area contributed by atoms with Crippen molar-refractivity contribution in [2.45, 2.75) is 11.4 Å². The summed E-state index contributed by atoms with van der Waals surface area (Å²) >= 11 is 7.30. The lowest BCUT2D eigenvalue weighted by atomic mass is 10.2. The maximum atomic E-state index is 11.8. The van der Waals surface area contributed by atoms with Crippen LogP contribution in [0.5, 0.6) is 5.75 Å². The van der Waals surface area contributed by atoms with E-state index in [1.165, 1.54) is 11.8 Å². The zero-order chi connectivity index (χ0) is 15.1. The van der Waals surface area contributed by atoms with Gasteiger partial charge in [0.2, 0.25) is 5.91 Å². The smallest absolute Gasteiger partial charge is 0.230 e. The Balaban J connectivity index is 1.78. The van der Waals surface area contributed by atoms with Gasteiger partial charge in [-0.15, -0.1) is 11.8 Å². The third-order valence-corrected chi connectivity index (χ3v) is 4.06. The predicted octanol–water partition coefficient (Wildman–Crippen LogP) is 3.76. The van der Waals surface area contributed by atoms with Crippen molar-refractivity contribution < 1.29 is 9.53 Å². The number of rotatable bonds is 6. The van der Waals surface area contributed by atoms with Crippen molar-refractivity contribution in [1.29, 1.82) is 0 Å². The molecule has 0 bridgehead atoms. The van der Waals surface area contributed by atoms with Gasteiger partial charge in [0, 0.05) is 16.5 Å². The zero-order valence-electron chi connectivity index (χ0n) is 11.6. The van der Waals surface area contributed by atoms with Gasteiger partial charge >= 0.3 is 0 Å². The Morgan fingerprint density at radius 1 is 1.24 bits per heavy atom. The maximum Gasteiger partial charge on any atom is 0.230 e. The molecule has 110 valence electrons. The van der Waals surface area contributed by atoms with Crippen LogP contribution in [0.4, 0.5) is 0 Å². The van der Waals surface area contributed by atoms with Crippen LogP contribution in [0.15, 0.2) is 53.4 Å². The van der Waals surface area contributed by atoms with E-state index in [0.29, 0.717) is 17.3 Å². The van der Waals surface area contributed by atoms with Gasteiger partial charge in [0.1, 0.15) is 5.75 Å². The minimum absolute atomic E-state index is 0.00206. The molecule has 0 unspecified atom stereocenters. The van der Waals surface area contributed by atoms with Crippen molar-refractivity contribution in [3.63, 3.8) is 0 Å². The highest BCUT2D eigenvalue weighted by atomic mass is 35.5. The number of carbonyl (C=O) groups is 1. The van der Waals surface area contributed by atoms with E-state index >= 15 is 0 Å². The number of amides is 1. The highest BCUT2D eigenvalue weighted by molar-refractivity contribution is 8.00. The fourth-order valence-electron chi connectivity index (χ4n) is 1.69. The second-order valence-electron chi connectivity index (χ2n) is 4.37. The largest absolute Gasteiger partial charge is 0.497 e. The lowest BCUT2D eigenvalue weighted by Crippen LogP contribution is -2.24. The molecule has 1 N–H and O–H groups in total. The highest BCUT2D eigenvalue weighted by Gasteiger charge is 2.04. The van der Waals surface area contributed by atoms with Crippen LogP contribution in [0.25, 0.3) is 0 Å². The van der Waals surface area contributed by atoms with Crippen molar-refractivity contribution in [2.24, 2.45) is 0 Å². The van der Waals surface area contributed by atoms with Gasteiger partial charge in [0.15, 0.2) is 0 Å². The van der Waals surface area contributed by atoms with Crippen molar-refractivity contribution >= 4 is 29.3 Å². The molecule has 0 saturated heterocycles. The normalized spacial score (nSPS) is 10.2. The van der Waals surface area contributed by atoms with Crippen LogP contribution in [0.2, 0.25) is 5.02 Å². The number of hydrogen-bond acceptors (Lipinski definition) is 3. The van der Waals surface area contributed by atoms with E-state index in [0.717, 1.165) is 16.2 Å². The molecule has 3 nitrogen and oxygen atoms in total. The first-order valence-corrected chi connectivity index (χ1v) is 7.82. The molecule has 2 rings (SSSR count). The molecule has 0 aliphatic heterocycles. The number of benzene rings is 2. The molecular formula is C16H16ClNO2S. The molecule has 0 spiro atoms. The van der Waals surface area contributed by atoms with Gasteiger partial charge in [-0.2, -0.15) is 0 Å². The molecule has 0 aliphatic carbocycles. The molecule has 0 radical (unpaired) electrons. The molecule has 1 amide bonds. The molecule has 0 aromatic heterocycles. The number of carbonyl (C=O) groups excluding carboxylic acids is 1. The summed E-state index contributed by atoms with van der Waals surface area (Å²) in [5.74, 6) is 1.17. The topological polar surface area (TPSA) is 38.3 Å². The summed E-state index contributed by atoms with van der Waals surface area (Å²) in [6.07, 6.45) is 0. The first kappa shape index (κ1) is 15.7.